The lowest BCUT2D eigenvalue weighted by Crippen LogP contribution is -2.37. The minimum Gasteiger partial charge on any atom is -0.465 e. The molecule has 1 unspecified atom stereocenters. The minimum atomic E-state index is -0.650. The molecule has 0 aliphatic carbocycles. The summed E-state index contributed by atoms with van der Waals surface area (Å²) in [5.41, 5.74) is 7.59. The number of nitrogens with two attached hydrogens (primary N) is 1. The maximum absolute atomic E-state index is 11.3. The molecule has 0 aliphatic heterocycles. The standard InChI is InChI=1S/C10H17N3O2/c1-4-15-10(14)9(11)6-13-8(3)5-7(2)12-13/h5,9H,4,6,11H2,1-3H3. The van der Waals surface area contributed by atoms with Gasteiger partial charge in [0.25, 0.3) is 0 Å². The van der Waals surface area contributed by atoms with E-state index >= 15 is 0 Å². The van der Waals surface area contributed by atoms with E-state index in [9.17, 15) is 4.79 Å². The van der Waals surface area contributed by atoms with Crippen molar-refractivity contribution >= 4 is 5.97 Å². The predicted octanol–water partition coefficient (Wildman–Crippen LogP) is 0.390. The fourth-order valence-electron chi connectivity index (χ4n) is 1.37. The summed E-state index contributed by atoms with van der Waals surface area (Å²) in [6, 6.07) is 1.29. The second-order valence-electron chi connectivity index (χ2n) is 3.47. The summed E-state index contributed by atoms with van der Waals surface area (Å²) in [5, 5.41) is 4.22. The quantitative estimate of drug-likeness (QED) is 0.731. The number of esters is 1. The molecule has 15 heavy (non-hydrogen) atoms. The van der Waals surface area contributed by atoms with E-state index in [0.29, 0.717) is 13.2 Å². The lowest BCUT2D eigenvalue weighted by Gasteiger charge is -2.11. The van der Waals surface area contributed by atoms with Crippen molar-refractivity contribution in [3.05, 3.63) is 17.5 Å². The van der Waals surface area contributed by atoms with Crippen LogP contribution in [0, 0.1) is 13.8 Å². The first-order chi connectivity index (χ1) is 7.04. The first-order valence-electron chi connectivity index (χ1n) is 4.98. The Kier molecular flexibility index (Phi) is 3.85. The molecule has 0 bridgehead atoms. The van der Waals surface area contributed by atoms with Crippen molar-refractivity contribution in [2.45, 2.75) is 33.4 Å². The van der Waals surface area contributed by atoms with Crippen LogP contribution in [-0.4, -0.2) is 28.4 Å². The fraction of sp³-hybridized carbons (Fsp3) is 0.600. The smallest absolute Gasteiger partial charge is 0.324 e. The van der Waals surface area contributed by atoms with Gasteiger partial charge in [0.2, 0.25) is 0 Å². The summed E-state index contributed by atoms with van der Waals surface area (Å²) in [6.07, 6.45) is 0. The third kappa shape index (κ3) is 3.06. The second kappa shape index (κ2) is 4.93. The molecule has 0 amide bonds. The number of nitrogens with zero attached hydrogens (tertiary/aromatic N) is 2. The van der Waals surface area contributed by atoms with Crippen LogP contribution in [0.25, 0.3) is 0 Å². The Bertz CT molecular complexity index is 346. The SMILES string of the molecule is CCOC(=O)C(N)Cn1nc(C)cc1C. The number of aromatic nitrogens is 2. The first-order valence-corrected chi connectivity index (χ1v) is 4.98. The third-order valence-electron chi connectivity index (χ3n) is 2.06. The summed E-state index contributed by atoms with van der Waals surface area (Å²) in [5.74, 6) is -0.384. The number of hydrogen-bond donors (Lipinski definition) is 1. The molecular weight excluding hydrogens is 194 g/mol. The monoisotopic (exact) mass is 211 g/mol. The number of carbonyl (C=O) groups is 1. The van der Waals surface area contributed by atoms with Crippen LogP contribution in [0.3, 0.4) is 0 Å². The molecule has 84 valence electrons. The molecule has 1 heterocycles. The molecule has 0 aromatic carbocycles. The number of hydrogen-bond acceptors (Lipinski definition) is 4. The van der Waals surface area contributed by atoms with Crippen molar-refractivity contribution in [2.75, 3.05) is 6.61 Å². The van der Waals surface area contributed by atoms with Gasteiger partial charge in [-0.25, -0.2) is 0 Å². The topological polar surface area (TPSA) is 70.1 Å². The first kappa shape index (κ1) is 11.7. The molecule has 1 aromatic rings. The molecule has 1 atom stereocenters. The van der Waals surface area contributed by atoms with E-state index in [1.54, 1.807) is 11.6 Å². The summed E-state index contributed by atoms with van der Waals surface area (Å²) in [7, 11) is 0. The van der Waals surface area contributed by atoms with Crippen LogP contribution in [0.4, 0.5) is 0 Å². The molecule has 2 N–H and O–H groups in total. The van der Waals surface area contributed by atoms with E-state index < -0.39 is 6.04 Å². The van der Waals surface area contributed by atoms with Crippen LogP contribution < -0.4 is 5.73 Å². The second-order valence-corrected chi connectivity index (χ2v) is 3.47. The lowest BCUT2D eigenvalue weighted by atomic mass is 10.3. The normalized spacial score (nSPS) is 12.5. The maximum Gasteiger partial charge on any atom is 0.324 e. The van der Waals surface area contributed by atoms with Gasteiger partial charge in [-0.3, -0.25) is 9.48 Å². The largest absolute Gasteiger partial charge is 0.465 e. The molecule has 0 saturated carbocycles. The van der Waals surface area contributed by atoms with E-state index in [2.05, 4.69) is 5.10 Å². The highest BCUT2D eigenvalue weighted by atomic mass is 16.5. The highest BCUT2D eigenvalue weighted by molar-refractivity contribution is 5.75. The van der Waals surface area contributed by atoms with Crippen LogP contribution in [-0.2, 0) is 16.1 Å². The van der Waals surface area contributed by atoms with Gasteiger partial charge >= 0.3 is 5.97 Å². The summed E-state index contributed by atoms with van der Waals surface area (Å²) < 4.78 is 6.54. The molecule has 1 rings (SSSR count). The highest BCUT2D eigenvalue weighted by Crippen LogP contribution is 2.02. The maximum atomic E-state index is 11.3. The van der Waals surface area contributed by atoms with E-state index in [1.165, 1.54) is 0 Å². The van der Waals surface area contributed by atoms with E-state index in [1.807, 2.05) is 19.9 Å². The van der Waals surface area contributed by atoms with Gasteiger partial charge in [0.1, 0.15) is 6.04 Å². The average molecular weight is 211 g/mol. The van der Waals surface area contributed by atoms with Gasteiger partial charge in [-0.1, -0.05) is 0 Å². The number of carbonyl (C=O) groups excluding carboxylic acids is 1. The van der Waals surface area contributed by atoms with Gasteiger partial charge in [0.05, 0.1) is 18.8 Å². The van der Waals surface area contributed by atoms with Crippen molar-refractivity contribution in [2.24, 2.45) is 5.73 Å². The van der Waals surface area contributed by atoms with Crippen molar-refractivity contribution in [1.29, 1.82) is 0 Å². The molecule has 1 aromatic heterocycles. The number of ether oxygens (including phenoxy) is 1. The molecular formula is C10H17N3O2. The zero-order chi connectivity index (χ0) is 11.4. The Balaban J connectivity index is 2.61. The van der Waals surface area contributed by atoms with Crippen LogP contribution in [0.1, 0.15) is 18.3 Å². The molecule has 0 saturated heterocycles. The number of rotatable bonds is 4. The van der Waals surface area contributed by atoms with Gasteiger partial charge in [-0.05, 0) is 26.8 Å². The van der Waals surface area contributed by atoms with E-state index in [0.717, 1.165) is 11.4 Å². The van der Waals surface area contributed by atoms with Crippen molar-refractivity contribution in [3.63, 3.8) is 0 Å². The van der Waals surface area contributed by atoms with Gasteiger partial charge in [-0.2, -0.15) is 5.10 Å². The molecule has 0 radical (unpaired) electrons. The Morgan fingerprint density at radius 3 is 2.80 bits per heavy atom. The fourth-order valence-corrected chi connectivity index (χ4v) is 1.37. The molecule has 0 aliphatic rings. The van der Waals surface area contributed by atoms with Crippen LogP contribution >= 0.6 is 0 Å². The van der Waals surface area contributed by atoms with Crippen LogP contribution in [0.5, 0.6) is 0 Å². The van der Waals surface area contributed by atoms with Gasteiger partial charge in [0, 0.05) is 5.69 Å². The van der Waals surface area contributed by atoms with Crippen molar-refractivity contribution < 1.29 is 9.53 Å². The summed E-state index contributed by atoms with van der Waals surface area (Å²) in [6.45, 7) is 6.30. The number of aryl methyl sites for hydroxylation is 2. The van der Waals surface area contributed by atoms with Crippen LogP contribution in [0.2, 0.25) is 0 Å². The van der Waals surface area contributed by atoms with Crippen molar-refractivity contribution in [1.82, 2.24) is 9.78 Å². The zero-order valence-electron chi connectivity index (χ0n) is 9.36. The van der Waals surface area contributed by atoms with Gasteiger partial charge in [-0.15, -0.1) is 0 Å². The summed E-state index contributed by atoms with van der Waals surface area (Å²) >= 11 is 0. The molecule has 5 nitrogen and oxygen atoms in total. The van der Waals surface area contributed by atoms with Crippen molar-refractivity contribution in [3.8, 4) is 0 Å². The van der Waals surface area contributed by atoms with Crippen LogP contribution in [0.15, 0.2) is 6.07 Å². The highest BCUT2D eigenvalue weighted by Gasteiger charge is 2.16. The van der Waals surface area contributed by atoms with Gasteiger partial charge in [0.15, 0.2) is 0 Å². The Morgan fingerprint density at radius 1 is 1.67 bits per heavy atom. The lowest BCUT2D eigenvalue weighted by molar-refractivity contribution is -0.145. The summed E-state index contributed by atoms with van der Waals surface area (Å²) in [4.78, 5) is 11.3. The Labute approximate surface area is 89.2 Å². The third-order valence-corrected chi connectivity index (χ3v) is 2.06. The van der Waals surface area contributed by atoms with Gasteiger partial charge < -0.3 is 10.5 Å². The van der Waals surface area contributed by atoms with E-state index in [-0.39, 0.29) is 5.97 Å². The molecule has 0 fully saturated rings. The Hall–Kier alpha value is -1.36. The zero-order valence-corrected chi connectivity index (χ0v) is 9.36. The molecule has 5 heteroatoms. The van der Waals surface area contributed by atoms with E-state index in [4.69, 9.17) is 10.5 Å². The average Bonchev–Trinajstić information content (AvgIpc) is 2.45. The minimum absolute atomic E-state index is 0.351. The predicted molar refractivity (Wildman–Crippen MR) is 56.3 cm³/mol. The Morgan fingerprint density at radius 2 is 2.33 bits per heavy atom. The molecule has 0 spiro atoms.